The summed E-state index contributed by atoms with van der Waals surface area (Å²) in [7, 11) is 1.58. The van der Waals surface area contributed by atoms with E-state index in [1.54, 1.807) is 7.11 Å². The second-order valence-electron chi connectivity index (χ2n) is 4.94. The van der Waals surface area contributed by atoms with E-state index in [0.29, 0.717) is 19.7 Å². The Hall–Kier alpha value is -1.56. The van der Waals surface area contributed by atoms with Crippen molar-refractivity contribution in [2.75, 3.05) is 26.8 Å². The maximum atomic E-state index is 13.6. The van der Waals surface area contributed by atoms with Crippen molar-refractivity contribution in [1.82, 2.24) is 4.90 Å². The number of nitrogens with zero attached hydrogens (tertiary/aromatic N) is 1. The predicted molar refractivity (Wildman–Crippen MR) is 66.8 cm³/mol. The average molecular weight is 287 g/mol. The minimum absolute atomic E-state index is 0.186. The maximum absolute atomic E-state index is 13.6. The van der Waals surface area contributed by atoms with Crippen LogP contribution in [0, 0.1) is 23.4 Å². The fourth-order valence-corrected chi connectivity index (χ4v) is 2.48. The second kappa shape index (κ2) is 6.26. The second-order valence-corrected chi connectivity index (χ2v) is 4.94. The standard InChI is InChI=1S/C14H16F3NO2/c1-20-8-9-3-2-6-18(7-9)14(19)10-4-5-11(15)13(17)12(10)16/h4-5,9H,2-3,6-8H2,1H3. The molecule has 0 radical (unpaired) electrons. The van der Waals surface area contributed by atoms with Gasteiger partial charge in [-0.15, -0.1) is 0 Å². The quantitative estimate of drug-likeness (QED) is 0.800. The third-order valence-electron chi connectivity index (χ3n) is 3.47. The van der Waals surface area contributed by atoms with E-state index in [9.17, 15) is 18.0 Å². The van der Waals surface area contributed by atoms with Gasteiger partial charge in [-0.1, -0.05) is 0 Å². The van der Waals surface area contributed by atoms with Crippen LogP contribution in [0.15, 0.2) is 12.1 Å². The van der Waals surface area contributed by atoms with E-state index in [2.05, 4.69) is 0 Å². The lowest BCUT2D eigenvalue weighted by Crippen LogP contribution is -2.41. The first-order chi connectivity index (χ1) is 9.54. The number of carbonyl (C=O) groups is 1. The Morgan fingerprint density at radius 3 is 2.80 bits per heavy atom. The van der Waals surface area contributed by atoms with E-state index in [1.807, 2.05) is 0 Å². The third-order valence-corrected chi connectivity index (χ3v) is 3.47. The van der Waals surface area contributed by atoms with E-state index >= 15 is 0 Å². The molecule has 0 bridgehead atoms. The Balaban J connectivity index is 2.17. The number of ether oxygens (including phenoxy) is 1. The first-order valence-electron chi connectivity index (χ1n) is 6.46. The van der Waals surface area contributed by atoms with Crippen molar-refractivity contribution < 1.29 is 22.7 Å². The zero-order chi connectivity index (χ0) is 14.7. The van der Waals surface area contributed by atoms with Crippen LogP contribution in [-0.2, 0) is 4.74 Å². The summed E-state index contributed by atoms with van der Waals surface area (Å²) in [5.74, 6) is -4.76. The highest BCUT2D eigenvalue weighted by Crippen LogP contribution is 2.21. The minimum Gasteiger partial charge on any atom is -0.384 e. The molecule has 1 saturated heterocycles. The molecule has 20 heavy (non-hydrogen) atoms. The van der Waals surface area contributed by atoms with Gasteiger partial charge in [0.05, 0.1) is 12.2 Å². The lowest BCUT2D eigenvalue weighted by molar-refractivity contribution is 0.0565. The summed E-state index contributed by atoms with van der Waals surface area (Å²) in [5.41, 5.74) is -0.429. The van der Waals surface area contributed by atoms with Gasteiger partial charge >= 0.3 is 0 Å². The number of hydrogen-bond acceptors (Lipinski definition) is 2. The van der Waals surface area contributed by atoms with Crippen LogP contribution in [0.4, 0.5) is 13.2 Å². The molecule has 1 aromatic rings. The molecule has 6 heteroatoms. The number of hydrogen-bond donors (Lipinski definition) is 0. The van der Waals surface area contributed by atoms with E-state index < -0.39 is 28.9 Å². The number of rotatable bonds is 3. The average Bonchev–Trinajstić information content (AvgIpc) is 2.45. The van der Waals surface area contributed by atoms with Gasteiger partial charge in [0.15, 0.2) is 17.5 Å². The molecule has 0 N–H and O–H groups in total. The number of piperidine rings is 1. The molecule has 1 fully saturated rings. The van der Waals surface area contributed by atoms with E-state index in [-0.39, 0.29) is 5.92 Å². The lowest BCUT2D eigenvalue weighted by atomic mass is 9.98. The van der Waals surface area contributed by atoms with Crippen molar-refractivity contribution in [3.8, 4) is 0 Å². The summed E-state index contributed by atoms with van der Waals surface area (Å²) in [6.45, 7) is 1.44. The van der Waals surface area contributed by atoms with Crippen molar-refractivity contribution in [2.24, 2.45) is 5.92 Å². The molecule has 1 amide bonds. The number of likely N-dealkylation sites (tertiary alicyclic amines) is 1. The molecule has 0 spiro atoms. The topological polar surface area (TPSA) is 29.5 Å². The maximum Gasteiger partial charge on any atom is 0.256 e. The normalized spacial score (nSPS) is 19.2. The third kappa shape index (κ3) is 2.95. The van der Waals surface area contributed by atoms with Gasteiger partial charge < -0.3 is 9.64 Å². The minimum atomic E-state index is -1.61. The highest BCUT2D eigenvalue weighted by atomic mass is 19.2. The van der Waals surface area contributed by atoms with Gasteiger partial charge in [-0.3, -0.25) is 4.79 Å². The van der Waals surface area contributed by atoms with Crippen LogP contribution in [0.5, 0.6) is 0 Å². The lowest BCUT2D eigenvalue weighted by Gasteiger charge is -2.32. The number of halogens is 3. The van der Waals surface area contributed by atoms with Gasteiger partial charge in [0.25, 0.3) is 5.91 Å². The summed E-state index contributed by atoms with van der Waals surface area (Å²) >= 11 is 0. The molecule has 0 aromatic heterocycles. The first-order valence-corrected chi connectivity index (χ1v) is 6.46. The van der Waals surface area contributed by atoms with Gasteiger partial charge in [0.2, 0.25) is 0 Å². The van der Waals surface area contributed by atoms with Gasteiger partial charge in [0.1, 0.15) is 0 Å². The SMILES string of the molecule is COCC1CCCN(C(=O)c2ccc(F)c(F)c2F)C1. The Morgan fingerprint density at radius 2 is 2.10 bits per heavy atom. The monoisotopic (exact) mass is 287 g/mol. The summed E-state index contributed by atoms with van der Waals surface area (Å²) in [4.78, 5) is 13.7. The summed E-state index contributed by atoms with van der Waals surface area (Å²) in [5, 5.41) is 0. The Kier molecular flexibility index (Phi) is 4.65. The van der Waals surface area contributed by atoms with Crippen LogP contribution >= 0.6 is 0 Å². The smallest absolute Gasteiger partial charge is 0.256 e. The zero-order valence-corrected chi connectivity index (χ0v) is 11.2. The number of carbonyl (C=O) groups excluding carboxylic acids is 1. The Labute approximate surface area is 115 Å². The van der Waals surface area contributed by atoms with Gasteiger partial charge in [0, 0.05) is 20.2 Å². The molecule has 0 saturated carbocycles. The van der Waals surface area contributed by atoms with Crippen LogP contribution in [0.1, 0.15) is 23.2 Å². The fraction of sp³-hybridized carbons (Fsp3) is 0.500. The van der Waals surface area contributed by atoms with Gasteiger partial charge in [-0.25, -0.2) is 13.2 Å². The first kappa shape index (κ1) is 14.8. The predicted octanol–water partition coefficient (Wildman–Crippen LogP) is 2.60. The molecule has 110 valence electrons. The molecule has 1 aliphatic rings. The summed E-state index contributed by atoms with van der Waals surface area (Å²) in [6, 6.07) is 1.75. The van der Waals surface area contributed by atoms with Gasteiger partial charge in [-0.2, -0.15) is 0 Å². The number of benzene rings is 1. The molecule has 1 heterocycles. The van der Waals surface area contributed by atoms with E-state index in [0.717, 1.165) is 25.0 Å². The molecular weight excluding hydrogens is 271 g/mol. The fourth-order valence-electron chi connectivity index (χ4n) is 2.48. The molecular formula is C14H16F3NO2. The zero-order valence-electron chi connectivity index (χ0n) is 11.2. The van der Waals surface area contributed by atoms with Crippen LogP contribution in [-0.4, -0.2) is 37.6 Å². The van der Waals surface area contributed by atoms with Crippen LogP contribution in [0.3, 0.4) is 0 Å². The van der Waals surface area contributed by atoms with E-state index in [4.69, 9.17) is 4.74 Å². The Bertz CT molecular complexity index is 505. The largest absolute Gasteiger partial charge is 0.384 e. The molecule has 0 aliphatic carbocycles. The number of amides is 1. The van der Waals surface area contributed by atoms with Crippen LogP contribution < -0.4 is 0 Å². The molecule has 1 aliphatic heterocycles. The highest BCUT2D eigenvalue weighted by Gasteiger charge is 2.27. The van der Waals surface area contributed by atoms with Crippen LogP contribution in [0.2, 0.25) is 0 Å². The van der Waals surface area contributed by atoms with Crippen molar-refractivity contribution >= 4 is 5.91 Å². The molecule has 1 aromatic carbocycles. The summed E-state index contributed by atoms with van der Waals surface area (Å²) in [6.07, 6.45) is 1.71. The summed E-state index contributed by atoms with van der Waals surface area (Å²) < 4.78 is 44.7. The van der Waals surface area contributed by atoms with Crippen molar-refractivity contribution in [1.29, 1.82) is 0 Å². The molecule has 1 atom stereocenters. The number of methoxy groups -OCH3 is 1. The van der Waals surface area contributed by atoms with Crippen LogP contribution in [0.25, 0.3) is 0 Å². The highest BCUT2D eigenvalue weighted by molar-refractivity contribution is 5.94. The van der Waals surface area contributed by atoms with Gasteiger partial charge in [-0.05, 0) is 30.9 Å². The van der Waals surface area contributed by atoms with E-state index in [1.165, 1.54) is 4.90 Å². The van der Waals surface area contributed by atoms with Crippen molar-refractivity contribution in [2.45, 2.75) is 12.8 Å². The van der Waals surface area contributed by atoms with Crippen molar-refractivity contribution in [3.05, 3.63) is 35.1 Å². The molecule has 3 nitrogen and oxygen atoms in total. The molecule has 1 unspecified atom stereocenters. The molecule has 2 rings (SSSR count). The Morgan fingerprint density at radius 1 is 1.35 bits per heavy atom. The van der Waals surface area contributed by atoms with Crippen molar-refractivity contribution in [3.63, 3.8) is 0 Å².